The lowest BCUT2D eigenvalue weighted by Gasteiger charge is -2.18. The van der Waals surface area contributed by atoms with E-state index in [2.05, 4.69) is 10.2 Å². The molecular weight excluding hydrogens is 273 g/mol. The van der Waals surface area contributed by atoms with E-state index in [-0.39, 0.29) is 11.5 Å². The number of halogens is 3. The summed E-state index contributed by atoms with van der Waals surface area (Å²) >= 11 is 0. The molecule has 0 amide bonds. The summed E-state index contributed by atoms with van der Waals surface area (Å²) in [4.78, 5) is 11.7. The molecule has 0 aliphatic heterocycles. The van der Waals surface area contributed by atoms with Gasteiger partial charge in [0.05, 0.1) is 16.8 Å². The summed E-state index contributed by atoms with van der Waals surface area (Å²) in [7, 11) is 0. The molecule has 3 N–H and O–H groups in total. The van der Waals surface area contributed by atoms with Crippen molar-refractivity contribution in [2.75, 3.05) is 0 Å². The van der Waals surface area contributed by atoms with E-state index in [1.165, 1.54) is 12.1 Å². The molecule has 20 heavy (non-hydrogen) atoms. The zero-order chi connectivity index (χ0) is 15.1. The number of aromatic nitrogens is 3. The van der Waals surface area contributed by atoms with Crippen LogP contribution in [0.4, 0.5) is 13.2 Å². The molecule has 108 valence electrons. The van der Waals surface area contributed by atoms with Crippen molar-refractivity contribution >= 4 is 0 Å². The molecule has 5 nitrogen and oxygen atoms in total. The van der Waals surface area contributed by atoms with Crippen molar-refractivity contribution in [2.45, 2.75) is 25.6 Å². The van der Waals surface area contributed by atoms with Crippen LogP contribution in [0.1, 0.15) is 25.2 Å². The van der Waals surface area contributed by atoms with Crippen molar-refractivity contribution in [1.82, 2.24) is 14.8 Å². The molecule has 8 heteroatoms. The van der Waals surface area contributed by atoms with Gasteiger partial charge in [-0.05, 0) is 38.1 Å². The summed E-state index contributed by atoms with van der Waals surface area (Å²) in [5, 5.41) is 6.06. The average Bonchev–Trinajstić information content (AvgIpc) is 2.70. The van der Waals surface area contributed by atoms with E-state index in [1.54, 1.807) is 13.8 Å². The van der Waals surface area contributed by atoms with Crippen molar-refractivity contribution in [3.05, 3.63) is 46.1 Å². The van der Waals surface area contributed by atoms with Gasteiger partial charge in [0.25, 0.3) is 0 Å². The maximum absolute atomic E-state index is 12.5. The summed E-state index contributed by atoms with van der Waals surface area (Å²) < 4.78 is 38.7. The molecule has 0 atom stereocenters. The van der Waals surface area contributed by atoms with E-state index >= 15 is 0 Å². The highest BCUT2D eigenvalue weighted by Gasteiger charge is 2.30. The summed E-state index contributed by atoms with van der Waals surface area (Å²) in [6, 6.07) is 4.22. The molecular formula is C12H13F3N4O. The van der Waals surface area contributed by atoms with Crippen LogP contribution in [0.5, 0.6) is 0 Å². The average molecular weight is 286 g/mol. The van der Waals surface area contributed by atoms with E-state index in [4.69, 9.17) is 5.73 Å². The molecule has 1 heterocycles. The molecule has 0 unspecified atom stereocenters. The lowest BCUT2D eigenvalue weighted by atomic mass is 10.1. The van der Waals surface area contributed by atoms with Gasteiger partial charge < -0.3 is 5.73 Å². The van der Waals surface area contributed by atoms with Gasteiger partial charge in [-0.3, -0.25) is 0 Å². The standard InChI is InChI=1S/C12H13F3N4O/c1-11(2,16)9-17-18-10(20)19(9)8-5-3-7(4-6-8)12(13,14)15/h3-6H,16H2,1-2H3,(H,18,20). The summed E-state index contributed by atoms with van der Waals surface area (Å²) in [5.74, 6) is 0.238. The van der Waals surface area contributed by atoms with Crippen LogP contribution in [-0.4, -0.2) is 14.8 Å². The molecule has 1 aromatic carbocycles. The SMILES string of the molecule is CC(C)(N)c1n[nH]c(=O)n1-c1ccc(C(F)(F)F)cc1. The quantitative estimate of drug-likeness (QED) is 0.883. The lowest BCUT2D eigenvalue weighted by Crippen LogP contribution is -2.34. The van der Waals surface area contributed by atoms with E-state index in [1.807, 2.05) is 0 Å². The Morgan fingerprint density at radius 1 is 1.20 bits per heavy atom. The number of rotatable bonds is 2. The Morgan fingerprint density at radius 3 is 2.20 bits per heavy atom. The van der Waals surface area contributed by atoms with Gasteiger partial charge in [-0.25, -0.2) is 14.5 Å². The second kappa shape index (κ2) is 4.48. The van der Waals surface area contributed by atoms with Gasteiger partial charge >= 0.3 is 11.9 Å². The van der Waals surface area contributed by atoms with Crippen LogP contribution in [0.15, 0.2) is 29.1 Å². The fourth-order valence-corrected chi connectivity index (χ4v) is 1.77. The third-order valence-corrected chi connectivity index (χ3v) is 2.70. The van der Waals surface area contributed by atoms with Crippen molar-refractivity contribution in [1.29, 1.82) is 0 Å². The Morgan fingerprint density at radius 2 is 1.75 bits per heavy atom. The Kier molecular flexibility index (Phi) is 3.21. The first kappa shape index (κ1) is 14.3. The van der Waals surface area contributed by atoms with E-state index in [9.17, 15) is 18.0 Å². The number of nitrogens with zero attached hydrogens (tertiary/aromatic N) is 2. The number of alkyl halides is 3. The molecule has 0 saturated heterocycles. The number of nitrogens with two attached hydrogens (primary N) is 1. The van der Waals surface area contributed by atoms with Gasteiger partial charge in [0, 0.05) is 0 Å². The van der Waals surface area contributed by atoms with Crippen molar-refractivity contribution in [2.24, 2.45) is 5.73 Å². The normalized spacial score (nSPS) is 12.7. The molecule has 2 aromatic rings. The number of benzene rings is 1. The highest BCUT2D eigenvalue weighted by molar-refractivity contribution is 5.37. The van der Waals surface area contributed by atoms with E-state index in [0.29, 0.717) is 0 Å². The lowest BCUT2D eigenvalue weighted by molar-refractivity contribution is -0.137. The number of hydrogen-bond acceptors (Lipinski definition) is 3. The fraction of sp³-hybridized carbons (Fsp3) is 0.333. The summed E-state index contributed by atoms with van der Waals surface area (Å²) in [5.41, 5.74) is 3.90. The molecule has 0 aliphatic carbocycles. The highest BCUT2D eigenvalue weighted by atomic mass is 19.4. The molecule has 0 radical (unpaired) electrons. The van der Waals surface area contributed by atoms with Gasteiger partial charge in [-0.15, -0.1) is 0 Å². The first-order valence-corrected chi connectivity index (χ1v) is 5.75. The van der Waals surface area contributed by atoms with Crippen molar-refractivity contribution in [3.63, 3.8) is 0 Å². The van der Waals surface area contributed by atoms with Crippen LogP contribution in [0.3, 0.4) is 0 Å². The summed E-state index contributed by atoms with van der Waals surface area (Å²) in [6.07, 6.45) is -4.42. The maximum Gasteiger partial charge on any atom is 0.416 e. The van der Waals surface area contributed by atoms with Gasteiger partial charge in [0.2, 0.25) is 0 Å². The van der Waals surface area contributed by atoms with E-state index in [0.717, 1.165) is 16.7 Å². The predicted molar refractivity (Wildman–Crippen MR) is 66.4 cm³/mol. The fourth-order valence-electron chi connectivity index (χ4n) is 1.77. The van der Waals surface area contributed by atoms with Gasteiger partial charge in [0.15, 0.2) is 5.82 Å². The second-order valence-corrected chi connectivity index (χ2v) is 4.95. The third-order valence-electron chi connectivity index (χ3n) is 2.70. The zero-order valence-corrected chi connectivity index (χ0v) is 10.8. The van der Waals surface area contributed by atoms with Gasteiger partial charge in [0.1, 0.15) is 0 Å². The molecule has 0 bridgehead atoms. The van der Waals surface area contributed by atoms with Crippen LogP contribution in [0, 0.1) is 0 Å². The topological polar surface area (TPSA) is 76.7 Å². The number of H-pyrrole nitrogens is 1. The smallest absolute Gasteiger partial charge is 0.319 e. The minimum absolute atomic E-state index is 0.238. The van der Waals surface area contributed by atoms with E-state index < -0.39 is 23.0 Å². The van der Waals surface area contributed by atoms with Crippen LogP contribution in [0.25, 0.3) is 5.69 Å². The minimum Gasteiger partial charge on any atom is -0.319 e. The largest absolute Gasteiger partial charge is 0.416 e. The molecule has 2 rings (SSSR count). The number of hydrogen-bond donors (Lipinski definition) is 2. The summed E-state index contributed by atoms with van der Waals surface area (Å²) in [6.45, 7) is 3.28. The Bertz CT molecular complexity index is 662. The molecule has 0 spiro atoms. The number of aromatic amines is 1. The maximum atomic E-state index is 12.5. The van der Waals surface area contributed by atoms with Crippen molar-refractivity contribution < 1.29 is 13.2 Å². The monoisotopic (exact) mass is 286 g/mol. The molecule has 0 saturated carbocycles. The van der Waals surface area contributed by atoms with Crippen LogP contribution < -0.4 is 11.4 Å². The zero-order valence-electron chi connectivity index (χ0n) is 10.8. The second-order valence-electron chi connectivity index (χ2n) is 4.95. The Labute approximate surface area is 112 Å². The van der Waals surface area contributed by atoms with Crippen LogP contribution in [-0.2, 0) is 11.7 Å². The molecule has 1 aromatic heterocycles. The molecule has 0 aliphatic rings. The number of nitrogens with one attached hydrogen (secondary N) is 1. The third kappa shape index (κ3) is 2.60. The van der Waals surface area contributed by atoms with Crippen molar-refractivity contribution in [3.8, 4) is 5.69 Å². The molecule has 0 fully saturated rings. The highest BCUT2D eigenvalue weighted by Crippen LogP contribution is 2.29. The predicted octanol–water partition coefficient (Wildman–Crippen LogP) is 1.77. The minimum atomic E-state index is -4.42. The Balaban J connectivity index is 2.53. The first-order chi connectivity index (χ1) is 9.10. The first-order valence-electron chi connectivity index (χ1n) is 5.75. The Hall–Kier alpha value is -2.09. The van der Waals surface area contributed by atoms with Gasteiger partial charge in [-0.2, -0.15) is 18.3 Å². The van der Waals surface area contributed by atoms with Gasteiger partial charge in [-0.1, -0.05) is 0 Å². The van der Waals surface area contributed by atoms with Crippen LogP contribution >= 0.6 is 0 Å². The van der Waals surface area contributed by atoms with Crippen LogP contribution in [0.2, 0.25) is 0 Å².